The van der Waals surface area contributed by atoms with E-state index in [0.717, 1.165) is 30.8 Å². The van der Waals surface area contributed by atoms with Gasteiger partial charge in [0.15, 0.2) is 5.82 Å². The second-order valence-corrected chi connectivity index (χ2v) is 9.93. The number of carbonyl (C=O) groups excluding carboxylic acids is 1. The van der Waals surface area contributed by atoms with Crippen molar-refractivity contribution in [1.82, 2.24) is 19.4 Å². The lowest BCUT2D eigenvalue weighted by Crippen LogP contribution is -2.60. The van der Waals surface area contributed by atoms with Crippen molar-refractivity contribution in [3.05, 3.63) is 47.7 Å². The number of piperidine rings is 1. The molecule has 0 bridgehead atoms. The summed E-state index contributed by atoms with van der Waals surface area (Å²) in [6, 6.07) is 10.2. The zero-order valence-electron chi connectivity index (χ0n) is 17.4. The molecule has 9 heteroatoms. The first-order valence-corrected chi connectivity index (χ1v) is 11.7. The fourth-order valence-electron chi connectivity index (χ4n) is 3.84. The Morgan fingerprint density at radius 1 is 1.00 bits per heavy atom. The van der Waals surface area contributed by atoms with Crippen LogP contribution < -0.4 is 4.90 Å². The summed E-state index contributed by atoms with van der Waals surface area (Å²) in [6.45, 7) is 4.42. The lowest BCUT2D eigenvalue weighted by Gasteiger charge is -2.44. The van der Waals surface area contributed by atoms with Crippen molar-refractivity contribution >= 4 is 21.7 Å². The molecule has 0 radical (unpaired) electrons. The van der Waals surface area contributed by atoms with Gasteiger partial charge in [-0.15, -0.1) is 5.10 Å². The molecule has 0 spiro atoms. The minimum Gasteiger partial charge on any atom is -0.351 e. The lowest BCUT2D eigenvalue weighted by atomic mass is 10.1. The molecule has 0 N–H and O–H groups in total. The van der Waals surface area contributed by atoms with E-state index in [9.17, 15) is 13.2 Å². The van der Waals surface area contributed by atoms with Crippen LogP contribution in [0.4, 0.5) is 5.82 Å². The molecule has 2 fully saturated rings. The van der Waals surface area contributed by atoms with Crippen LogP contribution in [0.2, 0.25) is 0 Å². The number of sulfonamides is 1. The van der Waals surface area contributed by atoms with Crippen LogP contribution in [0, 0.1) is 6.92 Å². The molecule has 4 rings (SSSR count). The summed E-state index contributed by atoms with van der Waals surface area (Å²) in [5.74, 6) is 0.696. The highest BCUT2D eigenvalue weighted by Gasteiger charge is 2.34. The van der Waals surface area contributed by atoms with Gasteiger partial charge in [0, 0.05) is 38.8 Å². The number of aromatic nitrogens is 2. The topological polar surface area (TPSA) is 86.7 Å². The van der Waals surface area contributed by atoms with Gasteiger partial charge in [-0.1, -0.05) is 6.42 Å². The predicted molar refractivity (Wildman–Crippen MR) is 114 cm³/mol. The number of amides is 1. The van der Waals surface area contributed by atoms with Crippen LogP contribution >= 0.6 is 0 Å². The molecular weight excluding hydrogens is 402 g/mol. The fraction of sp³-hybridized carbons (Fsp3) is 0.476. The van der Waals surface area contributed by atoms with Crippen molar-refractivity contribution in [2.45, 2.75) is 37.1 Å². The van der Waals surface area contributed by atoms with Gasteiger partial charge >= 0.3 is 0 Å². The number of aryl methyl sites for hydroxylation is 1. The third kappa shape index (κ3) is 4.04. The van der Waals surface area contributed by atoms with E-state index in [0.29, 0.717) is 31.7 Å². The number of hydrogen-bond acceptors (Lipinski definition) is 6. The van der Waals surface area contributed by atoms with Gasteiger partial charge in [-0.05, 0) is 56.2 Å². The van der Waals surface area contributed by atoms with E-state index >= 15 is 0 Å². The van der Waals surface area contributed by atoms with Crippen LogP contribution in [0.25, 0.3) is 0 Å². The Bertz CT molecular complexity index is 996. The van der Waals surface area contributed by atoms with Gasteiger partial charge in [-0.2, -0.15) is 9.40 Å². The van der Waals surface area contributed by atoms with Gasteiger partial charge in [0.25, 0.3) is 5.91 Å². The molecule has 8 nitrogen and oxygen atoms in total. The summed E-state index contributed by atoms with van der Waals surface area (Å²) in [6.07, 6.45) is 2.86. The first-order valence-electron chi connectivity index (χ1n) is 10.3. The molecular formula is C21H27N5O3S. The highest BCUT2D eigenvalue weighted by molar-refractivity contribution is 7.89. The van der Waals surface area contributed by atoms with E-state index in [1.54, 1.807) is 36.2 Å². The standard InChI is InChI=1S/C21H27N5O3S/c1-16-6-11-20(23-22-16)25-14-18(15-25)24(2)21(27)17-7-9-19(10-8-17)30(28,29)26-12-4-3-5-13-26/h6-11,18H,3-5,12-15H2,1-2H3. The maximum atomic E-state index is 12.8. The smallest absolute Gasteiger partial charge is 0.253 e. The van der Waals surface area contributed by atoms with E-state index < -0.39 is 10.0 Å². The second kappa shape index (κ2) is 8.31. The van der Waals surface area contributed by atoms with Crippen LogP contribution in [-0.4, -0.2) is 73.0 Å². The molecule has 0 aliphatic carbocycles. The van der Waals surface area contributed by atoms with Crippen molar-refractivity contribution < 1.29 is 13.2 Å². The molecule has 2 aromatic rings. The highest BCUT2D eigenvalue weighted by atomic mass is 32.2. The third-order valence-corrected chi connectivity index (χ3v) is 7.81. The van der Waals surface area contributed by atoms with Gasteiger partial charge < -0.3 is 9.80 Å². The zero-order chi connectivity index (χ0) is 21.3. The molecule has 1 amide bonds. The van der Waals surface area contributed by atoms with Crippen LogP contribution in [0.5, 0.6) is 0 Å². The quantitative estimate of drug-likeness (QED) is 0.722. The average Bonchev–Trinajstić information content (AvgIpc) is 2.74. The summed E-state index contributed by atoms with van der Waals surface area (Å²) in [5, 5.41) is 8.25. The van der Waals surface area contributed by atoms with Crippen LogP contribution in [0.3, 0.4) is 0 Å². The van der Waals surface area contributed by atoms with Gasteiger partial charge in [-0.3, -0.25) is 4.79 Å². The molecule has 2 saturated heterocycles. The first kappa shape index (κ1) is 20.7. The summed E-state index contributed by atoms with van der Waals surface area (Å²) in [7, 11) is -1.71. The Balaban J connectivity index is 1.38. The number of benzene rings is 1. The van der Waals surface area contributed by atoms with Gasteiger partial charge in [0.2, 0.25) is 10.0 Å². The first-order chi connectivity index (χ1) is 14.4. The predicted octanol–water partition coefficient (Wildman–Crippen LogP) is 1.92. The summed E-state index contributed by atoms with van der Waals surface area (Å²) < 4.78 is 27.1. The highest BCUT2D eigenvalue weighted by Crippen LogP contribution is 2.24. The number of rotatable bonds is 5. The Morgan fingerprint density at radius 3 is 2.27 bits per heavy atom. The molecule has 1 aromatic heterocycles. The average molecular weight is 430 g/mol. The molecule has 2 aliphatic heterocycles. The zero-order valence-corrected chi connectivity index (χ0v) is 18.2. The molecule has 2 aliphatic rings. The van der Waals surface area contributed by atoms with E-state index in [1.165, 1.54) is 4.31 Å². The Morgan fingerprint density at radius 2 is 1.67 bits per heavy atom. The fourth-order valence-corrected chi connectivity index (χ4v) is 5.36. The number of hydrogen-bond donors (Lipinski definition) is 0. The third-order valence-electron chi connectivity index (χ3n) is 5.89. The van der Waals surface area contributed by atoms with Crippen molar-refractivity contribution in [3.8, 4) is 0 Å². The summed E-state index contributed by atoms with van der Waals surface area (Å²) in [5.41, 5.74) is 1.36. The molecule has 0 unspecified atom stereocenters. The summed E-state index contributed by atoms with van der Waals surface area (Å²) >= 11 is 0. The van der Waals surface area contributed by atoms with Crippen molar-refractivity contribution in [2.24, 2.45) is 0 Å². The van der Waals surface area contributed by atoms with Crippen LogP contribution in [0.15, 0.2) is 41.3 Å². The number of carbonyl (C=O) groups is 1. The molecule has 30 heavy (non-hydrogen) atoms. The normalized spacial score (nSPS) is 18.1. The lowest BCUT2D eigenvalue weighted by molar-refractivity contribution is 0.0705. The minimum atomic E-state index is -3.49. The molecule has 3 heterocycles. The Hall–Kier alpha value is -2.52. The van der Waals surface area contributed by atoms with Gasteiger partial charge in [0.1, 0.15) is 0 Å². The second-order valence-electron chi connectivity index (χ2n) is 8.00. The van der Waals surface area contributed by atoms with Crippen LogP contribution in [0.1, 0.15) is 35.3 Å². The van der Waals surface area contributed by atoms with E-state index in [2.05, 4.69) is 15.1 Å². The molecule has 160 valence electrons. The van der Waals surface area contributed by atoms with Crippen molar-refractivity contribution in [3.63, 3.8) is 0 Å². The maximum Gasteiger partial charge on any atom is 0.253 e. The SMILES string of the molecule is Cc1ccc(N2CC(N(C)C(=O)c3ccc(S(=O)(=O)N4CCCCC4)cc3)C2)nn1. The largest absolute Gasteiger partial charge is 0.351 e. The van der Waals surface area contributed by atoms with E-state index in [1.807, 2.05) is 19.1 Å². The van der Waals surface area contributed by atoms with Gasteiger partial charge in [-0.25, -0.2) is 8.42 Å². The molecule has 0 atom stereocenters. The van der Waals surface area contributed by atoms with E-state index in [-0.39, 0.29) is 16.8 Å². The van der Waals surface area contributed by atoms with Crippen molar-refractivity contribution in [2.75, 3.05) is 38.1 Å². The van der Waals surface area contributed by atoms with E-state index in [4.69, 9.17) is 0 Å². The molecule has 1 aromatic carbocycles. The Labute approximate surface area is 177 Å². The van der Waals surface area contributed by atoms with Crippen LogP contribution in [-0.2, 0) is 10.0 Å². The molecule has 0 saturated carbocycles. The Kier molecular flexibility index (Phi) is 5.75. The maximum absolute atomic E-state index is 12.8. The van der Waals surface area contributed by atoms with Crippen molar-refractivity contribution in [1.29, 1.82) is 0 Å². The summed E-state index contributed by atoms with van der Waals surface area (Å²) in [4.78, 5) is 16.9. The minimum absolute atomic E-state index is 0.0809. The number of likely N-dealkylation sites (N-methyl/N-ethyl adjacent to an activating group) is 1. The monoisotopic (exact) mass is 429 g/mol. The number of anilines is 1. The number of nitrogens with zero attached hydrogens (tertiary/aromatic N) is 5. The van der Waals surface area contributed by atoms with Gasteiger partial charge in [0.05, 0.1) is 16.6 Å².